The molecule has 0 spiro atoms. The zero-order valence-corrected chi connectivity index (χ0v) is 38.7. The number of rotatable bonds is 6. The molecule has 5 aromatic carbocycles. The minimum absolute atomic E-state index is 0.00359. The minimum Gasteiger partial charge on any atom is -0.484 e. The average Bonchev–Trinajstić information content (AvgIpc) is 3.83. The smallest absolute Gasteiger partial charge is 0.323 e. The Morgan fingerprint density at radius 2 is 1.13 bits per heavy atom. The molecule has 0 saturated carbocycles. The number of carbonyl (C=O) groups is 6. The molecular formula is C53H57N5O8S. The number of nitrogens with zero attached hydrogens (tertiary/aromatic N) is 1. The lowest BCUT2D eigenvalue weighted by molar-refractivity contribution is -0.146. The van der Waals surface area contributed by atoms with Crippen LogP contribution in [0, 0.1) is 33.6 Å². The van der Waals surface area contributed by atoms with Crippen molar-refractivity contribution < 1.29 is 38.6 Å². The number of carboxylic acids is 1. The molecule has 5 N–H and O–H groups in total. The second kappa shape index (κ2) is 30.2. The number of aliphatic carboxylic acids is 1. The summed E-state index contributed by atoms with van der Waals surface area (Å²) in [6, 6.07) is 47.5. The molecule has 0 saturated heterocycles. The van der Waals surface area contributed by atoms with Gasteiger partial charge in [0, 0.05) is 17.8 Å². The highest BCUT2D eigenvalue weighted by Crippen LogP contribution is 2.19. The van der Waals surface area contributed by atoms with Crippen molar-refractivity contribution in [2.45, 2.75) is 39.8 Å². The van der Waals surface area contributed by atoms with Crippen LogP contribution in [0.3, 0.4) is 0 Å². The Morgan fingerprint density at radius 1 is 0.627 bits per heavy atom. The topological polar surface area (TPSA) is 183 Å². The molecule has 1 aromatic heterocycles. The zero-order chi connectivity index (χ0) is 48.8. The van der Waals surface area contributed by atoms with E-state index >= 15 is 0 Å². The Hall–Kier alpha value is -8.02. The molecule has 0 fully saturated rings. The number of carbonyl (C=O) groups excluding carboxylic acids is 5. The molecule has 67 heavy (non-hydrogen) atoms. The normalized spacial score (nSPS) is 13.7. The van der Waals surface area contributed by atoms with Crippen LogP contribution in [0.1, 0.15) is 27.1 Å². The second-order valence-electron chi connectivity index (χ2n) is 14.8. The molecule has 0 unspecified atom stereocenters. The monoisotopic (exact) mass is 923 g/mol. The Labute approximate surface area is 396 Å². The van der Waals surface area contributed by atoms with Crippen LogP contribution in [0.25, 0.3) is 11.1 Å². The lowest BCUT2D eigenvalue weighted by Crippen LogP contribution is -2.53. The van der Waals surface area contributed by atoms with Gasteiger partial charge in [-0.2, -0.15) is 0 Å². The maximum Gasteiger partial charge on any atom is 0.323 e. The van der Waals surface area contributed by atoms with Gasteiger partial charge in [-0.1, -0.05) is 145 Å². The minimum atomic E-state index is -1.22. The molecule has 2 aliphatic rings. The summed E-state index contributed by atoms with van der Waals surface area (Å²) in [5.41, 5.74) is 6.52. The van der Waals surface area contributed by atoms with Crippen LogP contribution in [0.4, 0.5) is 0 Å². The van der Waals surface area contributed by atoms with Gasteiger partial charge in [0.05, 0.1) is 19.6 Å². The van der Waals surface area contributed by atoms with Gasteiger partial charge in [-0.15, -0.1) is 24.2 Å². The van der Waals surface area contributed by atoms with Gasteiger partial charge >= 0.3 is 5.97 Å². The van der Waals surface area contributed by atoms with E-state index in [1.54, 1.807) is 65.9 Å². The molecule has 13 nitrogen and oxygen atoms in total. The molecule has 3 heterocycles. The van der Waals surface area contributed by atoms with Crippen molar-refractivity contribution in [1.29, 1.82) is 0 Å². The van der Waals surface area contributed by atoms with E-state index in [1.807, 2.05) is 24.3 Å². The fraction of sp³-hybridized carbons (Fsp3) is 0.208. The van der Waals surface area contributed by atoms with E-state index in [-0.39, 0.29) is 26.1 Å². The second-order valence-corrected chi connectivity index (χ2v) is 15.9. The van der Waals surface area contributed by atoms with Crippen LogP contribution in [0.5, 0.6) is 5.75 Å². The number of hydrogen-bond donors (Lipinski definition) is 5. The number of ether oxygens (including phenoxy) is 1. The molecule has 1 atom stereocenters. The van der Waals surface area contributed by atoms with E-state index in [0.717, 1.165) is 4.90 Å². The molecule has 0 aliphatic carbocycles. The molecule has 2 aliphatic heterocycles. The van der Waals surface area contributed by atoms with Crippen molar-refractivity contribution in [3.05, 3.63) is 184 Å². The fourth-order valence-electron chi connectivity index (χ4n) is 5.94. The van der Waals surface area contributed by atoms with Gasteiger partial charge in [0.25, 0.3) is 5.91 Å². The SMILES string of the molecule is C#C.Cc1ccc(-c2ccccc2)cc1.Cc1ccccc1.Cc1cccs1.O=C(O)CN(Cc1ccccc1)C(=O)[C@@H]1Cc2ccc(cc2)OCC(=O)NCC(=O)NCC(=O)NCC(=O)N1. The Balaban J connectivity index is 0.000000337. The van der Waals surface area contributed by atoms with Crippen molar-refractivity contribution in [2.75, 3.05) is 32.8 Å². The third-order valence-electron chi connectivity index (χ3n) is 9.32. The Morgan fingerprint density at radius 3 is 1.63 bits per heavy atom. The predicted octanol–water partition coefficient (Wildman–Crippen LogP) is 6.53. The van der Waals surface area contributed by atoms with Crippen molar-refractivity contribution in [2.24, 2.45) is 0 Å². The standard InChI is InChI=1S/C26H29N5O8.C13H12.C7H8.C5H6S.C2H2/c32-21-11-27-22(33)12-29-24(35)16-39-19-8-6-17(7-9-19)10-20(30-23(34)13-28-21)26(38)31(15-25(36)37)14-18-4-2-1-3-5-18;1-11-7-9-13(10-8-11)12-5-3-2-4-6-12;1-7-5-3-2-4-6-7;1-5-3-2-4-6-5;1-2/h1-9,20H,10-16H2,(H,27,33)(H,28,32)(H,29,35)(H,30,34)(H,36,37);2-10H,1H3;2-6H,1H3;2-4H,1H3;1-2H/t20-;;;;/m0..../s1. The van der Waals surface area contributed by atoms with E-state index in [9.17, 15) is 33.9 Å². The average molecular weight is 924 g/mol. The summed E-state index contributed by atoms with van der Waals surface area (Å²) in [5.74, 6) is -4.01. The quantitative estimate of drug-likeness (QED) is 0.0923. The summed E-state index contributed by atoms with van der Waals surface area (Å²) in [4.78, 5) is 76.1. The summed E-state index contributed by atoms with van der Waals surface area (Å²) in [5, 5.41) is 21.1. The van der Waals surface area contributed by atoms with Gasteiger partial charge in [0.2, 0.25) is 23.6 Å². The highest BCUT2D eigenvalue weighted by atomic mass is 32.1. The van der Waals surface area contributed by atoms with Crippen molar-refractivity contribution >= 4 is 46.8 Å². The first kappa shape index (κ1) is 53.3. The zero-order valence-electron chi connectivity index (χ0n) is 37.9. The van der Waals surface area contributed by atoms with Crippen molar-refractivity contribution in [3.63, 3.8) is 0 Å². The molecule has 2 bridgehead atoms. The highest BCUT2D eigenvalue weighted by molar-refractivity contribution is 7.09. The van der Waals surface area contributed by atoms with E-state index < -0.39 is 61.2 Å². The van der Waals surface area contributed by atoms with E-state index in [2.05, 4.69) is 133 Å². The third-order valence-corrected chi connectivity index (χ3v) is 10.1. The molecule has 14 heteroatoms. The predicted molar refractivity (Wildman–Crippen MR) is 263 cm³/mol. The lowest BCUT2D eigenvalue weighted by Gasteiger charge is -2.27. The molecule has 5 amide bonds. The Kier molecular flexibility index (Phi) is 24.0. The van der Waals surface area contributed by atoms with Crippen molar-refractivity contribution in [3.8, 4) is 29.7 Å². The fourth-order valence-corrected chi connectivity index (χ4v) is 6.46. The summed E-state index contributed by atoms with van der Waals surface area (Å²) in [6.45, 7) is 4.06. The van der Waals surface area contributed by atoms with Crippen LogP contribution in [-0.2, 0) is 41.7 Å². The van der Waals surface area contributed by atoms with Crippen LogP contribution < -0.4 is 26.0 Å². The van der Waals surface area contributed by atoms with E-state index in [4.69, 9.17) is 4.74 Å². The number of amides is 5. The van der Waals surface area contributed by atoms with Crippen LogP contribution in [0.2, 0.25) is 0 Å². The largest absolute Gasteiger partial charge is 0.484 e. The van der Waals surface area contributed by atoms with Crippen LogP contribution >= 0.6 is 11.3 Å². The lowest BCUT2D eigenvalue weighted by atomic mass is 10.0. The van der Waals surface area contributed by atoms with Crippen molar-refractivity contribution in [1.82, 2.24) is 26.2 Å². The summed E-state index contributed by atoms with van der Waals surface area (Å²) >= 11 is 1.78. The maximum absolute atomic E-state index is 13.5. The molecular weight excluding hydrogens is 867 g/mol. The number of hydrogen-bond acceptors (Lipinski definition) is 8. The van der Waals surface area contributed by atoms with Gasteiger partial charge in [-0.05, 0) is 66.6 Å². The Bertz CT molecular complexity index is 2430. The maximum atomic E-state index is 13.5. The van der Waals surface area contributed by atoms with Gasteiger partial charge < -0.3 is 36.0 Å². The van der Waals surface area contributed by atoms with E-state index in [1.165, 1.54) is 27.1 Å². The highest BCUT2D eigenvalue weighted by Gasteiger charge is 2.28. The number of fused-ring (bicyclic) bond motifs is 16. The van der Waals surface area contributed by atoms with Crippen LogP contribution in [-0.4, -0.2) is 84.3 Å². The molecule has 0 radical (unpaired) electrons. The van der Waals surface area contributed by atoms with Gasteiger partial charge in [-0.3, -0.25) is 28.8 Å². The summed E-state index contributed by atoms with van der Waals surface area (Å²) in [6.07, 6.45) is 8.01. The number of benzene rings is 5. The number of aryl methyl sites for hydroxylation is 3. The number of carboxylic acid groups (broad SMARTS) is 1. The number of thiophene rings is 1. The molecule has 348 valence electrons. The number of terminal acetylenes is 1. The molecule has 6 aromatic rings. The summed E-state index contributed by atoms with van der Waals surface area (Å²) in [7, 11) is 0. The first-order valence-corrected chi connectivity index (χ1v) is 22.1. The van der Waals surface area contributed by atoms with Gasteiger partial charge in [-0.25, -0.2) is 0 Å². The molecule has 8 rings (SSSR count). The first-order chi connectivity index (χ1) is 32.3. The van der Waals surface area contributed by atoms with E-state index in [0.29, 0.717) is 16.9 Å². The van der Waals surface area contributed by atoms with Gasteiger partial charge in [0.15, 0.2) is 6.61 Å². The first-order valence-electron chi connectivity index (χ1n) is 21.2. The third kappa shape index (κ3) is 22.0. The van der Waals surface area contributed by atoms with Crippen LogP contribution in [0.15, 0.2) is 157 Å². The number of nitrogens with one attached hydrogen (secondary N) is 4. The van der Waals surface area contributed by atoms with Gasteiger partial charge in [0.1, 0.15) is 18.3 Å². The summed E-state index contributed by atoms with van der Waals surface area (Å²) < 4.78 is 5.41.